The molecule has 1 aliphatic heterocycles. The van der Waals surface area contributed by atoms with E-state index in [4.69, 9.17) is 0 Å². The summed E-state index contributed by atoms with van der Waals surface area (Å²) in [6.07, 6.45) is 2.50. The maximum absolute atomic E-state index is 12.0. The van der Waals surface area contributed by atoms with Crippen molar-refractivity contribution >= 4 is 47.2 Å². The van der Waals surface area contributed by atoms with Crippen LogP contribution in [0.5, 0.6) is 0 Å². The Morgan fingerprint density at radius 1 is 1.13 bits per heavy atom. The molecule has 1 aromatic carbocycles. The topological polar surface area (TPSA) is 60.0 Å². The number of hydrogen-bond donors (Lipinski definition) is 2. The van der Waals surface area contributed by atoms with Crippen molar-refractivity contribution in [1.29, 1.82) is 0 Å². The van der Waals surface area contributed by atoms with E-state index in [1.54, 1.807) is 30.3 Å². The Morgan fingerprint density at radius 3 is 2.50 bits per heavy atom. The number of carbonyl (C=O) groups excluding carboxylic acids is 1. The van der Waals surface area contributed by atoms with Crippen LogP contribution in [0.3, 0.4) is 0 Å². The molecular formula is C22H32IN5OS. The number of guanidine groups is 1. The molecule has 30 heavy (non-hydrogen) atoms. The molecule has 0 aliphatic carbocycles. The lowest BCUT2D eigenvalue weighted by molar-refractivity contribution is -0.127. The van der Waals surface area contributed by atoms with Crippen LogP contribution in [0, 0.1) is 0 Å². The number of amides is 1. The SMILES string of the molecule is CN(C)C(=O)CN=C(NCc1cccs1)NCC(c1ccccc1)N1CCCC1.I. The molecule has 2 N–H and O–H groups in total. The van der Waals surface area contributed by atoms with Crippen LogP contribution in [-0.4, -0.2) is 61.9 Å². The number of benzene rings is 1. The first-order valence-electron chi connectivity index (χ1n) is 10.2. The largest absolute Gasteiger partial charge is 0.354 e. The van der Waals surface area contributed by atoms with Crippen molar-refractivity contribution in [1.82, 2.24) is 20.4 Å². The zero-order chi connectivity index (χ0) is 20.5. The van der Waals surface area contributed by atoms with Crippen LogP contribution in [0.25, 0.3) is 0 Å². The van der Waals surface area contributed by atoms with Crippen molar-refractivity contribution in [3.8, 4) is 0 Å². The van der Waals surface area contributed by atoms with Crippen molar-refractivity contribution in [2.75, 3.05) is 40.3 Å². The lowest BCUT2D eigenvalue weighted by atomic mass is 10.1. The number of carbonyl (C=O) groups is 1. The predicted molar refractivity (Wildman–Crippen MR) is 136 cm³/mol. The number of likely N-dealkylation sites (tertiary alicyclic amines) is 1. The molecule has 2 aromatic rings. The van der Waals surface area contributed by atoms with Gasteiger partial charge >= 0.3 is 0 Å². The number of likely N-dealkylation sites (N-methyl/N-ethyl adjacent to an activating group) is 1. The molecule has 1 saturated heterocycles. The van der Waals surface area contributed by atoms with Crippen LogP contribution in [0.2, 0.25) is 0 Å². The first-order chi connectivity index (χ1) is 14.1. The molecule has 0 saturated carbocycles. The van der Waals surface area contributed by atoms with Crippen LogP contribution in [0.4, 0.5) is 0 Å². The molecule has 6 nitrogen and oxygen atoms in total. The third-order valence-electron chi connectivity index (χ3n) is 5.11. The van der Waals surface area contributed by atoms with Gasteiger partial charge in [-0.15, -0.1) is 35.3 Å². The molecule has 1 unspecified atom stereocenters. The van der Waals surface area contributed by atoms with E-state index in [1.165, 1.54) is 23.3 Å². The number of hydrogen-bond acceptors (Lipinski definition) is 4. The molecule has 1 amide bonds. The van der Waals surface area contributed by atoms with Gasteiger partial charge in [-0.25, -0.2) is 4.99 Å². The second-order valence-corrected chi connectivity index (χ2v) is 8.47. The number of nitrogens with one attached hydrogen (secondary N) is 2. The summed E-state index contributed by atoms with van der Waals surface area (Å²) in [5, 5.41) is 8.92. The minimum absolute atomic E-state index is 0. The highest BCUT2D eigenvalue weighted by Gasteiger charge is 2.23. The third kappa shape index (κ3) is 7.55. The van der Waals surface area contributed by atoms with Crippen LogP contribution >= 0.6 is 35.3 Å². The summed E-state index contributed by atoms with van der Waals surface area (Å²) < 4.78 is 0. The molecule has 1 fully saturated rings. The van der Waals surface area contributed by atoms with Gasteiger partial charge in [0.2, 0.25) is 5.91 Å². The minimum atomic E-state index is -0.0126. The predicted octanol–water partition coefficient (Wildman–Crippen LogP) is 3.33. The van der Waals surface area contributed by atoms with Crippen molar-refractivity contribution in [2.24, 2.45) is 4.99 Å². The monoisotopic (exact) mass is 541 g/mol. The van der Waals surface area contributed by atoms with Crippen molar-refractivity contribution in [2.45, 2.75) is 25.4 Å². The highest BCUT2D eigenvalue weighted by molar-refractivity contribution is 14.0. The fourth-order valence-corrected chi connectivity index (χ4v) is 4.07. The first kappa shape index (κ1) is 24.6. The molecule has 2 heterocycles. The molecule has 164 valence electrons. The fourth-order valence-electron chi connectivity index (χ4n) is 3.43. The van der Waals surface area contributed by atoms with E-state index >= 15 is 0 Å². The third-order valence-corrected chi connectivity index (χ3v) is 5.99. The Morgan fingerprint density at radius 2 is 1.87 bits per heavy atom. The van der Waals surface area contributed by atoms with E-state index in [0.717, 1.165) is 19.6 Å². The summed E-state index contributed by atoms with van der Waals surface area (Å²) in [7, 11) is 3.51. The van der Waals surface area contributed by atoms with Crippen molar-refractivity contribution in [3.05, 3.63) is 58.3 Å². The van der Waals surface area contributed by atoms with Gasteiger partial charge in [-0.05, 0) is 42.9 Å². The van der Waals surface area contributed by atoms with Gasteiger partial charge in [0.15, 0.2) is 5.96 Å². The number of halogens is 1. The summed E-state index contributed by atoms with van der Waals surface area (Å²) in [5.74, 6) is 0.662. The van der Waals surface area contributed by atoms with Crippen LogP contribution < -0.4 is 10.6 Å². The fraction of sp³-hybridized carbons (Fsp3) is 0.455. The number of rotatable bonds is 8. The Kier molecular flexibility index (Phi) is 10.6. The lowest BCUT2D eigenvalue weighted by Crippen LogP contribution is -2.43. The van der Waals surface area contributed by atoms with E-state index in [1.807, 2.05) is 6.07 Å². The zero-order valence-corrected chi connectivity index (χ0v) is 20.9. The van der Waals surface area contributed by atoms with Crippen molar-refractivity contribution < 1.29 is 4.79 Å². The van der Waals surface area contributed by atoms with E-state index < -0.39 is 0 Å². The molecule has 1 aromatic heterocycles. The zero-order valence-electron chi connectivity index (χ0n) is 17.7. The first-order valence-corrected chi connectivity index (χ1v) is 11.0. The molecular weight excluding hydrogens is 509 g/mol. The van der Waals surface area contributed by atoms with Gasteiger partial charge in [0.05, 0.1) is 12.6 Å². The summed E-state index contributed by atoms with van der Waals surface area (Å²) in [6.45, 7) is 3.81. The normalized spacial score (nSPS) is 15.3. The molecule has 3 rings (SSSR count). The van der Waals surface area contributed by atoms with Gasteiger partial charge in [0.25, 0.3) is 0 Å². The minimum Gasteiger partial charge on any atom is -0.354 e. The van der Waals surface area contributed by atoms with Gasteiger partial charge in [0.1, 0.15) is 6.54 Å². The van der Waals surface area contributed by atoms with E-state index in [0.29, 0.717) is 12.5 Å². The van der Waals surface area contributed by atoms with E-state index in [2.05, 4.69) is 62.3 Å². The summed E-state index contributed by atoms with van der Waals surface area (Å²) in [4.78, 5) is 21.9. The molecule has 0 radical (unpaired) electrons. The second-order valence-electron chi connectivity index (χ2n) is 7.44. The molecule has 1 atom stereocenters. The maximum Gasteiger partial charge on any atom is 0.243 e. The van der Waals surface area contributed by atoms with Crippen LogP contribution in [0.1, 0.15) is 29.3 Å². The summed E-state index contributed by atoms with van der Waals surface area (Å²) in [6, 6.07) is 15.1. The average Bonchev–Trinajstić information content (AvgIpc) is 3.44. The van der Waals surface area contributed by atoms with Crippen LogP contribution in [0.15, 0.2) is 52.8 Å². The quantitative estimate of drug-likeness (QED) is 0.306. The Balaban J connectivity index is 0.00000320. The second kappa shape index (κ2) is 12.9. The molecule has 0 bridgehead atoms. The number of nitrogens with zero attached hydrogens (tertiary/aromatic N) is 3. The highest BCUT2D eigenvalue weighted by Crippen LogP contribution is 2.24. The van der Waals surface area contributed by atoms with Crippen LogP contribution in [-0.2, 0) is 11.3 Å². The Bertz CT molecular complexity index is 776. The van der Waals surface area contributed by atoms with Gasteiger partial charge in [-0.2, -0.15) is 0 Å². The van der Waals surface area contributed by atoms with Gasteiger partial charge in [-0.1, -0.05) is 36.4 Å². The average molecular weight is 542 g/mol. The lowest BCUT2D eigenvalue weighted by Gasteiger charge is -2.29. The number of aliphatic imine (C=N–C) groups is 1. The highest BCUT2D eigenvalue weighted by atomic mass is 127. The van der Waals surface area contributed by atoms with Gasteiger partial charge in [0, 0.05) is 25.5 Å². The smallest absolute Gasteiger partial charge is 0.243 e. The summed E-state index contributed by atoms with van der Waals surface area (Å²) >= 11 is 1.71. The van der Waals surface area contributed by atoms with Gasteiger partial charge in [-0.3, -0.25) is 9.69 Å². The standard InChI is InChI=1S/C22H31N5OS.HI/c1-26(2)21(28)17-25-22(23-15-19-11-8-14-29-19)24-16-20(27-12-6-7-13-27)18-9-4-3-5-10-18;/h3-5,8-11,14,20H,6-7,12-13,15-17H2,1-2H3,(H2,23,24,25);1H. The number of thiophene rings is 1. The molecule has 1 aliphatic rings. The Labute approximate surface area is 200 Å². The maximum atomic E-state index is 12.0. The Hall–Kier alpha value is -1.65. The van der Waals surface area contributed by atoms with E-state index in [9.17, 15) is 4.79 Å². The van der Waals surface area contributed by atoms with Gasteiger partial charge < -0.3 is 15.5 Å². The van der Waals surface area contributed by atoms with E-state index in [-0.39, 0.29) is 42.5 Å². The molecule has 8 heteroatoms. The van der Waals surface area contributed by atoms with Crippen molar-refractivity contribution in [3.63, 3.8) is 0 Å². The summed E-state index contributed by atoms with van der Waals surface area (Å²) in [5.41, 5.74) is 1.31. The molecule has 0 spiro atoms.